The van der Waals surface area contributed by atoms with Crippen LogP contribution in [-0.4, -0.2) is 18.4 Å². The van der Waals surface area contributed by atoms with E-state index in [0.717, 1.165) is 21.9 Å². The molecule has 0 atom stereocenters. The molecule has 0 aliphatic heterocycles. The number of pyridine rings is 1. The zero-order chi connectivity index (χ0) is 17.2. The van der Waals surface area contributed by atoms with Crippen LogP contribution in [0.25, 0.3) is 21.9 Å². The van der Waals surface area contributed by atoms with Gasteiger partial charge in [0, 0.05) is 24.3 Å². The minimum atomic E-state index is -4.71. The molecule has 0 aliphatic carbocycles. The summed E-state index contributed by atoms with van der Waals surface area (Å²) < 4.78 is 41.3. The molecule has 1 heterocycles. The number of ether oxygens (including phenoxy) is 1. The fourth-order valence-electron chi connectivity index (χ4n) is 2.71. The van der Waals surface area contributed by atoms with Gasteiger partial charge in [-0.2, -0.15) is 0 Å². The van der Waals surface area contributed by atoms with Gasteiger partial charge in [-0.15, -0.1) is 13.2 Å². The number of fused-ring (bicyclic) bond motifs is 1. The molecule has 0 aliphatic rings. The summed E-state index contributed by atoms with van der Waals surface area (Å²) in [6.07, 6.45) is -1.27. The van der Waals surface area contributed by atoms with Crippen molar-refractivity contribution < 1.29 is 17.9 Å². The van der Waals surface area contributed by atoms with E-state index in [9.17, 15) is 13.2 Å². The van der Waals surface area contributed by atoms with Crippen LogP contribution in [0.3, 0.4) is 0 Å². The molecule has 0 fully saturated rings. The van der Waals surface area contributed by atoms with Crippen LogP contribution in [-0.2, 0) is 6.54 Å². The highest BCUT2D eigenvalue weighted by atomic mass is 19.4. The highest BCUT2D eigenvalue weighted by Gasteiger charge is 2.31. The first kappa shape index (κ1) is 16.3. The van der Waals surface area contributed by atoms with Crippen molar-refractivity contribution in [3.63, 3.8) is 0 Å². The summed E-state index contributed by atoms with van der Waals surface area (Å²) in [6, 6.07) is 11.7. The molecule has 0 saturated heterocycles. The first-order valence-corrected chi connectivity index (χ1v) is 7.34. The average molecular weight is 332 g/mol. The van der Waals surface area contributed by atoms with Gasteiger partial charge in [-0.25, -0.2) is 0 Å². The van der Waals surface area contributed by atoms with E-state index < -0.39 is 6.36 Å². The van der Waals surface area contributed by atoms with Gasteiger partial charge in [-0.05, 0) is 47.3 Å². The zero-order valence-electron chi connectivity index (χ0n) is 12.9. The van der Waals surface area contributed by atoms with Crippen molar-refractivity contribution >= 4 is 10.8 Å². The summed E-state index contributed by atoms with van der Waals surface area (Å²) in [7, 11) is 1.86. The third kappa shape index (κ3) is 3.49. The standard InChI is InChI=1S/C18H15F3N2O/c1-22-10-13-5-6-15(16-7-8-23-11-17(13)16)12-3-2-4-14(9-12)24-18(19,20)21/h2-9,11,22H,10H2,1H3. The smallest absolute Gasteiger partial charge is 0.406 e. The molecule has 0 bridgehead atoms. The molecule has 0 unspecified atom stereocenters. The van der Waals surface area contributed by atoms with Crippen LogP contribution in [0.15, 0.2) is 54.9 Å². The molecule has 0 amide bonds. The van der Waals surface area contributed by atoms with Gasteiger partial charge in [-0.3, -0.25) is 4.98 Å². The van der Waals surface area contributed by atoms with E-state index in [2.05, 4.69) is 15.0 Å². The third-order valence-corrected chi connectivity index (χ3v) is 3.65. The van der Waals surface area contributed by atoms with Crippen LogP contribution < -0.4 is 10.1 Å². The quantitative estimate of drug-likeness (QED) is 0.763. The van der Waals surface area contributed by atoms with E-state index in [-0.39, 0.29) is 5.75 Å². The number of halogens is 3. The molecule has 3 aromatic rings. The largest absolute Gasteiger partial charge is 0.573 e. The van der Waals surface area contributed by atoms with Crippen molar-refractivity contribution in [2.45, 2.75) is 12.9 Å². The number of rotatable bonds is 4. The zero-order valence-corrected chi connectivity index (χ0v) is 12.9. The molecule has 1 aromatic heterocycles. The van der Waals surface area contributed by atoms with Crippen molar-refractivity contribution in [1.29, 1.82) is 0 Å². The first-order valence-electron chi connectivity index (χ1n) is 7.34. The Morgan fingerprint density at radius 3 is 2.67 bits per heavy atom. The second-order valence-corrected chi connectivity index (χ2v) is 5.30. The van der Waals surface area contributed by atoms with Gasteiger partial charge in [0.1, 0.15) is 5.75 Å². The Morgan fingerprint density at radius 2 is 1.92 bits per heavy atom. The minimum Gasteiger partial charge on any atom is -0.406 e. The molecule has 6 heteroatoms. The minimum absolute atomic E-state index is 0.235. The van der Waals surface area contributed by atoms with Gasteiger partial charge in [0.2, 0.25) is 0 Å². The number of hydrogen-bond acceptors (Lipinski definition) is 3. The lowest BCUT2D eigenvalue weighted by atomic mass is 9.96. The van der Waals surface area contributed by atoms with Crippen LogP contribution in [0.5, 0.6) is 5.75 Å². The number of alkyl halides is 3. The molecule has 0 radical (unpaired) electrons. The maximum atomic E-state index is 12.4. The first-order chi connectivity index (χ1) is 11.5. The molecular weight excluding hydrogens is 317 g/mol. The van der Waals surface area contributed by atoms with E-state index in [1.54, 1.807) is 24.5 Å². The molecule has 3 rings (SSSR count). The molecule has 2 aromatic carbocycles. The van der Waals surface area contributed by atoms with Gasteiger partial charge >= 0.3 is 6.36 Å². The average Bonchev–Trinajstić information content (AvgIpc) is 2.54. The topological polar surface area (TPSA) is 34.1 Å². The summed E-state index contributed by atoms with van der Waals surface area (Å²) >= 11 is 0. The Balaban J connectivity index is 2.10. The molecule has 124 valence electrons. The Kier molecular flexibility index (Phi) is 4.40. The van der Waals surface area contributed by atoms with Gasteiger partial charge in [0.15, 0.2) is 0 Å². The Bertz CT molecular complexity index is 862. The van der Waals surface area contributed by atoms with Crippen LogP contribution in [0.1, 0.15) is 5.56 Å². The van der Waals surface area contributed by atoms with Crippen molar-refractivity contribution in [1.82, 2.24) is 10.3 Å². The third-order valence-electron chi connectivity index (χ3n) is 3.65. The van der Waals surface area contributed by atoms with Crippen LogP contribution >= 0.6 is 0 Å². The summed E-state index contributed by atoms with van der Waals surface area (Å²) in [5.41, 5.74) is 2.57. The van der Waals surface area contributed by atoms with E-state index in [1.807, 2.05) is 25.2 Å². The number of benzene rings is 2. The van der Waals surface area contributed by atoms with Gasteiger partial charge in [0.25, 0.3) is 0 Å². The van der Waals surface area contributed by atoms with Crippen LogP contribution in [0, 0.1) is 0 Å². The summed E-state index contributed by atoms with van der Waals surface area (Å²) in [5.74, 6) is -0.235. The fourth-order valence-corrected chi connectivity index (χ4v) is 2.71. The SMILES string of the molecule is CNCc1ccc(-c2cccc(OC(F)(F)F)c2)c2ccncc12. The second kappa shape index (κ2) is 6.49. The normalized spacial score (nSPS) is 11.7. The van der Waals surface area contributed by atoms with Gasteiger partial charge in [0.05, 0.1) is 0 Å². The lowest BCUT2D eigenvalue weighted by Gasteiger charge is -2.13. The molecule has 1 N–H and O–H groups in total. The molecule has 24 heavy (non-hydrogen) atoms. The second-order valence-electron chi connectivity index (χ2n) is 5.30. The molecule has 0 spiro atoms. The highest BCUT2D eigenvalue weighted by molar-refractivity contribution is 5.98. The lowest BCUT2D eigenvalue weighted by molar-refractivity contribution is -0.274. The van der Waals surface area contributed by atoms with E-state index >= 15 is 0 Å². The summed E-state index contributed by atoms with van der Waals surface area (Å²) in [6.45, 7) is 0.680. The van der Waals surface area contributed by atoms with Crippen LogP contribution in [0.4, 0.5) is 13.2 Å². The summed E-state index contributed by atoms with van der Waals surface area (Å²) in [5, 5.41) is 4.99. The Morgan fingerprint density at radius 1 is 1.08 bits per heavy atom. The maximum Gasteiger partial charge on any atom is 0.573 e. The van der Waals surface area contributed by atoms with Crippen molar-refractivity contribution in [2.75, 3.05) is 7.05 Å². The summed E-state index contributed by atoms with van der Waals surface area (Å²) in [4.78, 5) is 4.16. The number of hydrogen-bond donors (Lipinski definition) is 1. The maximum absolute atomic E-state index is 12.4. The van der Waals surface area contributed by atoms with E-state index in [4.69, 9.17) is 0 Å². The predicted octanol–water partition coefficient (Wildman–Crippen LogP) is 4.52. The van der Waals surface area contributed by atoms with Gasteiger partial charge < -0.3 is 10.1 Å². The fraction of sp³-hybridized carbons (Fsp3) is 0.167. The number of aromatic nitrogens is 1. The predicted molar refractivity (Wildman–Crippen MR) is 86.6 cm³/mol. The highest BCUT2D eigenvalue weighted by Crippen LogP contribution is 2.33. The Hall–Kier alpha value is -2.60. The van der Waals surface area contributed by atoms with Crippen LogP contribution in [0.2, 0.25) is 0 Å². The van der Waals surface area contributed by atoms with Crippen molar-refractivity contribution in [2.24, 2.45) is 0 Å². The van der Waals surface area contributed by atoms with E-state index in [1.165, 1.54) is 12.1 Å². The monoisotopic (exact) mass is 332 g/mol. The molecule has 0 saturated carbocycles. The van der Waals surface area contributed by atoms with E-state index in [0.29, 0.717) is 12.1 Å². The Labute approximate surface area is 137 Å². The number of nitrogens with one attached hydrogen (secondary N) is 1. The van der Waals surface area contributed by atoms with Crippen molar-refractivity contribution in [3.8, 4) is 16.9 Å². The van der Waals surface area contributed by atoms with Gasteiger partial charge in [-0.1, -0.05) is 24.3 Å². The number of nitrogens with zero attached hydrogens (tertiary/aromatic N) is 1. The molecule has 3 nitrogen and oxygen atoms in total. The molecular formula is C18H15F3N2O. The van der Waals surface area contributed by atoms with Crippen molar-refractivity contribution in [3.05, 3.63) is 60.4 Å². The lowest BCUT2D eigenvalue weighted by Crippen LogP contribution is -2.17.